The molecule has 0 fully saturated rings. The molecular weight excluding hydrogens is 232 g/mol. The van der Waals surface area contributed by atoms with Crippen LogP contribution in [0, 0.1) is 0 Å². The Bertz CT molecular complexity index is 351. The van der Waals surface area contributed by atoms with E-state index >= 15 is 0 Å². The van der Waals surface area contributed by atoms with Gasteiger partial charge in [0.1, 0.15) is 10.6 Å². The first-order chi connectivity index (χ1) is 7.80. The van der Waals surface area contributed by atoms with E-state index in [2.05, 4.69) is 44.9 Å². The molecule has 1 atom stereocenters. The minimum absolute atomic E-state index is 0.138. The van der Waals surface area contributed by atoms with Crippen LogP contribution in [-0.4, -0.2) is 17.6 Å². The van der Waals surface area contributed by atoms with Crippen LogP contribution in [0.15, 0.2) is 6.20 Å². The van der Waals surface area contributed by atoms with Gasteiger partial charge in [0.05, 0.1) is 0 Å². The molecule has 0 radical (unpaired) electrons. The summed E-state index contributed by atoms with van der Waals surface area (Å²) in [6, 6.07) is 0. The van der Waals surface area contributed by atoms with Crippen molar-refractivity contribution in [1.29, 1.82) is 0 Å². The molecule has 17 heavy (non-hydrogen) atoms. The second-order valence-electron chi connectivity index (χ2n) is 5.52. The molecule has 0 aliphatic rings. The number of nitrogens with one attached hydrogen (secondary N) is 1. The Kier molecular flexibility index (Phi) is 4.69. The number of aromatic nitrogens is 1. The number of nitrogens with zero attached hydrogens (tertiary/aromatic N) is 1. The zero-order valence-corrected chi connectivity index (χ0v) is 12.6. The Labute approximate surface area is 109 Å². The molecule has 1 unspecified atom stereocenters. The molecular formula is C13H24N2OS. The van der Waals surface area contributed by atoms with Crippen LogP contribution in [0.3, 0.4) is 0 Å². The summed E-state index contributed by atoms with van der Waals surface area (Å²) < 4.78 is 5.56. The fourth-order valence-electron chi connectivity index (χ4n) is 1.37. The van der Waals surface area contributed by atoms with Crippen LogP contribution in [0.4, 0.5) is 0 Å². The fourth-order valence-corrected chi connectivity index (χ4v) is 2.42. The average Bonchev–Trinajstić information content (AvgIpc) is 2.73. The van der Waals surface area contributed by atoms with E-state index in [4.69, 9.17) is 4.74 Å². The zero-order chi connectivity index (χ0) is 13.1. The van der Waals surface area contributed by atoms with E-state index in [1.54, 1.807) is 18.4 Å². The van der Waals surface area contributed by atoms with Crippen molar-refractivity contribution in [3.63, 3.8) is 0 Å². The van der Waals surface area contributed by atoms with Gasteiger partial charge in [-0.05, 0) is 34.1 Å². The minimum Gasteiger partial charge on any atom is -0.371 e. The molecule has 3 nitrogen and oxygen atoms in total. The summed E-state index contributed by atoms with van der Waals surface area (Å²) in [6.07, 6.45) is 2.88. The molecule has 4 heteroatoms. The number of rotatable bonds is 5. The maximum atomic E-state index is 5.56. The molecule has 0 saturated carbocycles. The predicted molar refractivity (Wildman–Crippen MR) is 73.4 cm³/mol. The van der Waals surface area contributed by atoms with Crippen LogP contribution in [0.2, 0.25) is 0 Å². The summed E-state index contributed by atoms with van der Waals surface area (Å²) in [7, 11) is 1.75. The first-order valence-corrected chi connectivity index (χ1v) is 6.88. The molecule has 1 N–H and O–H groups in total. The topological polar surface area (TPSA) is 34.1 Å². The van der Waals surface area contributed by atoms with Crippen LogP contribution in [-0.2, 0) is 16.9 Å². The molecule has 0 aliphatic heterocycles. The SMILES string of the molecule is CCC(C)(OC)c1ncc(CNC(C)(C)C)s1. The molecule has 1 heterocycles. The highest BCUT2D eigenvalue weighted by Gasteiger charge is 2.27. The van der Waals surface area contributed by atoms with E-state index in [1.807, 2.05) is 6.20 Å². The van der Waals surface area contributed by atoms with E-state index in [-0.39, 0.29) is 11.1 Å². The lowest BCUT2D eigenvalue weighted by Gasteiger charge is -2.23. The Hall–Kier alpha value is -0.450. The Morgan fingerprint density at radius 2 is 2.00 bits per heavy atom. The van der Waals surface area contributed by atoms with E-state index < -0.39 is 0 Å². The predicted octanol–water partition coefficient (Wildman–Crippen LogP) is 3.30. The molecule has 0 aromatic carbocycles. The second kappa shape index (κ2) is 5.46. The van der Waals surface area contributed by atoms with Gasteiger partial charge in [-0.15, -0.1) is 11.3 Å². The summed E-state index contributed by atoms with van der Waals surface area (Å²) in [5.74, 6) is 0. The van der Waals surface area contributed by atoms with Crippen molar-refractivity contribution in [1.82, 2.24) is 10.3 Å². The normalized spacial score (nSPS) is 15.9. The lowest BCUT2D eigenvalue weighted by Crippen LogP contribution is -2.34. The summed E-state index contributed by atoms with van der Waals surface area (Å²) >= 11 is 1.73. The molecule has 0 spiro atoms. The molecule has 1 aromatic heterocycles. The standard InChI is InChI=1S/C13H24N2OS/c1-7-13(5,16-6)11-14-8-10(17-11)9-15-12(2,3)4/h8,15H,7,9H2,1-6H3. The van der Waals surface area contributed by atoms with Crippen molar-refractivity contribution in [2.45, 2.75) is 58.7 Å². The highest BCUT2D eigenvalue weighted by molar-refractivity contribution is 7.11. The third kappa shape index (κ3) is 4.05. The van der Waals surface area contributed by atoms with Gasteiger partial charge in [0, 0.05) is 30.3 Å². The molecule has 0 saturated heterocycles. The van der Waals surface area contributed by atoms with Gasteiger partial charge in [-0.3, -0.25) is 0 Å². The Balaban J connectivity index is 2.71. The van der Waals surface area contributed by atoms with Gasteiger partial charge in [-0.1, -0.05) is 6.92 Å². The molecule has 0 aliphatic carbocycles. The van der Waals surface area contributed by atoms with E-state index in [0.29, 0.717) is 0 Å². The van der Waals surface area contributed by atoms with Crippen molar-refractivity contribution in [3.8, 4) is 0 Å². The summed E-state index contributed by atoms with van der Waals surface area (Å²) in [5, 5.41) is 4.53. The fraction of sp³-hybridized carbons (Fsp3) is 0.769. The average molecular weight is 256 g/mol. The van der Waals surface area contributed by atoms with Gasteiger partial charge < -0.3 is 10.1 Å². The minimum atomic E-state index is -0.245. The van der Waals surface area contributed by atoms with Gasteiger partial charge in [0.15, 0.2) is 0 Å². The third-order valence-electron chi connectivity index (χ3n) is 2.92. The number of methoxy groups -OCH3 is 1. The molecule has 0 amide bonds. The molecule has 1 aromatic rings. The van der Waals surface area contributed by atoms with Crippen LogP contribution in [0.25, 0.3) is 0 Å². The maximum Gasteiger partial charge on any atom is 0.125 e. The van der Waals surface area contributed by atoms with Crippen LogP contribution in [0.5, 0.6) is 0 Å². The van der Waals surface area contributed by atoms with E-state index in [1.165, 1.54) is 4.88 Å². The van der Waals surface area contributed by atoms with Gasteiger partial charge in [0.2, 0.25) is 0 Å². The molecule has 1 rings (SSSR count). The first kappa shape index (κ1) is 14.6. The highest BCUT2D eigenvalue weighted by Crippen LogP contribution is 2.31. The maximum absolute atomic E-state index is 5.56. The first-order valence-electron chi connectivity index (χ1n) is 6.06. The van der Waals surface area contributed by atoms with Crippen LogP contribution < -0.4 is 5.32 Å². The van der Waals surface area contributed by atoms with Crippen LogP contribution in [0.1, 0.15) is 50.9 Å². The number of ether oxygens (including phenoxy) is 1. The number of hydrogen-bond donors (Lipinski definition) is 1. The van der Waals surface area contributed by atoms with Crippen molar-refractivity contribution in [3.05, 3.63) is 16.1 Å². The van der Waals surface area contributed by atoms with Gasteiger partial charge in [0.25, 0.3) is 0 Å². The number of hydrogen-bond acceptors (Lipinski definition) is 4. The monoisotopic (exact) mass is 256 g/mol. The number of thiazole rings is 1. The van der Waals surface area contributed by atoms with E-state index in [0.717, 1.165) is 18.0 Å². The molecule has 0 bridgehead atoms. The van der Waals surface area contributed by atoms with E-state index in [9.17, 15) is 0 Å². The lowest BCUT2D eigenvalue weighted by atomic mass is 10.1. The van der Waals surface area contributed by atoms with Crippen LogP contribution >= 0.6 is 11.3 Å². The second-order valence-corrected chi connectivity index (χ2v) is 6.64. The van der Waals surface area contributed by atoms with Crippen molar-refractivity contribution < 1.29 is 4.74 Å². The lowest BCUT2D eigenvalue weighted by molar-refractivity contribution is -0.00156. The van der Waals surface area contributed by atoms with Gasteiger partial charge in [-0.2, -0.15) is 0 Å². The van der Waals surface area contributed by atoms with Gasteiger partial charge >= 0.3 is 0 Å². The largest absolute Gasteiger partial charge is 0.371 e. The summed E-state index contributed by atoms with van der Waals surface area (Å²) in [6.45, 7) is 11.6. The summed E-state index contributed by atoms with van der Waals surface area (Å²) in [4.78, 5) is 5.74. The molecule has 98 valence electrons. The van der Waals surface area contributed by atoms with Crippen molar-refractivity contribution in [2.75, 3.05) is 7.11 Å². The highest BCUT2D eigenvalue weighted by atomic mass is 32.1. The Morgan fingerprint density at radius 1 is 1.35 bits per heavy atom. The Morgan fingerprint density at radius 3 is 2.47 bits per heavy atom. The van der Waals surface area contributed by atoms with Crippen molar-refractivity contribution >= 4 is 11.3 Å². The van der Waals surface area contributed by atoms with Gasteiger partial charge in [-0.25, -0.2) is 4.98 Å². The smallest absolute Gasteiger partial charge is 0.125 e. The zero-order valence-electron chi connectivity index (χ0n) is 11.8. The third-order valence-corrected chi connectivity index (χ3v) is 4.17. The quantitative estimate of drug-likeness (QED) is 0.877. The van der Waals surface area contributed by atoms with Crippen molar-refractivity contribution in [2.24, 2.45) is 0 Å². The summed E-state index contributed by atoms with van der Waals surface area (Å²) in [5.41, 5.74) is -0.107.